The van der Waals surface area contributed by atoms with Crippen LogP contribution in [0.3, 0.4) is 0 Å². The predicted molar refractivity (Wildman–Crippen MR) is 50.6 cm³/mol. The Labute approximate surface area is 81.4 Å². The van der Waals surface area contributed by atoms with Gasteiger partial charge in [0.15, 0.2) is 11.6 Å². The first-order valence-corrected chi connectivity index (χ1v) is 4.59. The summed E-state index contributed by atoms with van der Waals surface area (Å²) < 4.78 is 5.05. The molecule has 0 saturated heterocycles. The molecule has 0 unspecified atom stereocenters. The number of rotatable bonds is 1. The molecule has 0 aliphatic heterocycles. The molecular weight excluding hydrogens is 180 g/mol. The van der Waals surface area contributed by atoms with Crippen molar-refractivity contribution in [3.05, 3.63) is 29.7 Å². The number of ketones is 2. The lowest BCUT2D eigenvalue weighted by Crippen LogP contribution is -2.18. The number of hydrogen-bond acceptors (Lipinski definition) is 3. The number of carbonyl (C=O) groups is 2. The van der Waals surface area contributed by atoms with E-state index < -0.39 is 0 Å². The van der Waals surface area contributed by atoms with Gasteiger partial charge in [-0.3, -0.25) is 9.59 Å². The fourth-order valence-corrected chi connectivity index (χ4v) is 1.51. The number of furan rings is 1. The molecular formula is C11H10O3. The highest BCUT2D eigenvalue weighted by atomic mass is 16.3. The van der Waals surface area contributed by atoms with Crippen molar-refractivity contribution >= 4 is 17.6 Å². The van der Waals surface area contributed by atoms with Gasteiger partial charge in [0.1, 0.15) is 5.76 Å². The first kappa shape index (κ1) is 8.94. The van der Waals surface area contributed by atoms with E-state index in [1.54, 1.807) is 12.1 Å². The van der Waals surface area contributed by atoms with Gasteiger partial charge in [-0.25, -0.2) is 0 Å². The van der Waals surface area contributed by atoms with Crippen LogP contribution in [0, 0.1) is 0 Å². The average Bonchev–Trinajstić information content (AvgIpc) is 2.64. The normalized spacial score (nSPS) is 17.3. The zero-order chi connectivity index (χ0) is 9.97. The third-order valence-corrected chi connectivity index (χ3v) is 2.24. The first-order chi connectivity index (χ1) is 6.77. The molecule has 0 amide bonds. The topological polar surface area (TPSA) is 47.3 Å². The van der Waals surface area contributed by atoms with Gasteiger partial charge >= 0.3 is 0 Å². The quantitative estimate of drug-likeness (QED) is 0.502. The fraction of sp³-hybridized carbons (Fsp3) is 0.273. The van der Waals surface area contributed by atoms with Crippen LogP contribution in [0.1, 0.15) is 25.0 Å². The second-order valence-electron chi connectivity index (χ2n) is 3.27. The fourth-order valence-electron chi connectivity index (χ4n) is 1.51. The van der Waals surface area contributed by atoms with E-state index in [4.69, 9.17) is 4.42 Å². The number of hydrogen-bond donors (Lipinski definition) is 0. The Hall–Kier alpha value is -1.64. The van der Waals surface area contributed by atoms with E-state index in [9.17, 15) is 9.59 Å². The van der Waals surface area contributed by atoms with E-state index in [1.165, 1.54) is 12.3 Å². The largest absolute Gasteiger partial charge is 0.465 e. The van der Waals surface area contributed by atoms with Crippen LogP contribution in [-0.2, 0) is 9.59 Å². The molecule has 0 aromatic carbocycles. The summed E-state index contributed by atoms with van der Waals surface area (Å²) in [6.45, 7) is 0. The van der Waals surface area contributed by atoms with Crippen molar-refractivity contribution in [3.63, 3.8) is 0 Å². The minimum absolute atomic E-state index is 0.0716. The molecule has 0 spiro atoms. The zero-order valence-electron chi connectivity index (χ0n) is 7.66. The molecule has 1 aliphatic carbocycles. The molecule has 1 aromatic rings. The average molecular weight is 190 g/mol. The molecule has 1 aromatic heterocycles. The third kappa shape index (κ3) is 1.66. The smallest absolute Gasteiger partial charge is 0.166 e. The van der Waals surface area contributed by atoms with Gasteiger partial charge in [0.05, 0.1) is 11.8 Å². The number of Topliss-reactive ketones (excluding diaryl/α,β-unsaturated/α-hetero) is 2. The van der Waals surface area contributed by atoms with Crippen LogP contribution in [0.2, 0.25) is 0 Å². The Bertz CT molecular complexity index is 367. The van der Waals surface area contributed by atoms with Gasteiger partial charge in [-0.05, 0) is 24.6 Å². The molecule has 0 N–H and O–H groups in total. The lowest BCUT2D eigenvalue weighted by molar-refractivity contribution is -0.123. The Morgan fingerprint density at radius 2 is 1.93 bits per heavy atom. The Morgan fingerprint density at radius 1 is 1.21 bits per heavy atom. The van der Waals surface area contributed by atoms with Crippen LogP contribution >= 0.6 is 0 Å². The summed E-state index contributed by atoms with van der Waals surface area (Å²) >= 11 is 0. The molecule has 1 fully saturated rings. The molecule has 3 heteroatoms. The van der Waals surface area contributed by atoms with Crippen molar-refractivity contribution in [2.75, 3.05) is 0 Å². The Morgan fingerprint density at radius 3 is 2.50 bits per heavy atom. The van der Waals surface area contributed by atoms with Crippen LogP contribution in [-0.4, -0.2) is 11.6 Å². The predicted octanol–water partition coefficient (Wildman–Crippen LogP) is 1.99. The van der Waals surface area contributed by atoms with E-state index in [2.05, 4.69) is 0 Å². The lowest BCUT2D eigenvalue weighted by atomic mass is 9.92. The van der Waals surface area contributed by atoms with Crippen molar-refractivity contribution in [1.82, 2.24) is 0 Å². The molecule has 0 bridgehead atoms. The van der Waals surface area contributed by atoms with Crippen LogP contribution in [0.15, 0.2) is 28.4 Å². The number of allylic oxidation sites excluding steroid dienone is 1. The molecule has 2 rings (SSSR count). The molecule has 0 atom stereocenters. The van der Waals surface area contributed by atoms with Crippen LogP contribution in [0.25, 0.3) is 6.08 Å². The van der Waals surface area contributed by atoms with E-state index in [1.807, 2.05) is 0 Å². The van der Waals surface area contributed by atoms with Gasteiger partial charge in [0, 0.05) is 12.8 Å². The van der Waals surface area contributed by atoms with Gasteiger partial charge in [-0.2, -0.15) is 0 Å². The highest BCUT2D eigenvalue weighted by molar-refractivity contribution is 6.24. The molecule has 72 valence electrons. The maximum atomic E-state index is 11.4. The van der Waals surface area contributed by atoms with E-state index in [0.29, 0.717) is 25.0 Å². The third-order valence-electron chi connectivity index (χ3n) is 2.24. The van der Waals surface area contributed by atoms with Crippen molar-refractivity contribution in [3.8, 4) is 0 Å². The van der Waals surface area contributed by atoms with Crippen molar-refractivity contribution in [1.29, 1.82) is 0 Å². The zero-order valence-corrected chi connectivity index (χ0v) is 7.66. The number of carbonyl (C=O) groups excluding carboxylic acids is 2. The molecule has 3 nitrogen and oxygen atoms in total. The SMILES string of the molecule is O=C1CCCC(=O)C1=Cc1ccco1. The van der Waals surface area contributed by atoms with Crippen LogP contribution < -0.4 is 0 Å². The van der Waals surface area contributed by atoms with Gasteiger partial charge < -0.3 is 4.42 Å². The highest BCUT2D eigenvalue weighted by Gasteiger charge is 2.22. The van der Waals surface area contributed by atoms with E-state index >= 15 is 0 Å². The Kier molecular flexibility index (Phi) is 2.31. The summed E-state index contributed by atoms with van der Waals surface area (Å²) in [5.74, 6) is 0.416. The maximum Gasteiger partial charge on any atom is 0.166 e. The van der Waals surface area contributed by atoms with Gasteiger partial charge in [0.25, 0.3) is 0 Å². The highest BCUT2D eigenvalue weighted by Crippen LogP contribution is 2.19. The monoisotopic (exact) mass is 190 g/mol. The lowest BCUT2D eigenvalue weighted by Gasteiger charge is -2.10. The molecule has 0 radical (unpaired) electrons. The van der Waals surface area contributed by atoms with Crippen molar-refractivity contribution in [2.45, 2.75) is 19.3 Å². The van der Waals surface area contributed by atoms with Crippen molar-refractivity contribution < 1.29 is 14.0 Å². The minimum atomic E-state index is -0.0716. The van der Waals surface area contributed by atoms with Crippen molar-refractivity contribution in [2.24, 2.45) is 0 Å². The summed E-state index contributed by atoms with van der Waals surface area (Å²) in [5, 5.41) is 0. The summed E-state index contributed by atoms with van der Waals surface area (Å²) in [4.78, 5) is 22.8. The van der Waals surface area contributed by atoms with Crippen LogP contribution in [0.5, 0.6) is 0 Å². The van der Waals surface area contributed by atoms with Gasteiger partial charge in [-0.1, -0.05) is 0 Å². The van der Waals surface area contributed by atoms with E-state index in [0.717, 1.165) is 0 Å². The minimum Gasteiger partial charge on any atom is -0.465 e. The first-order valence-electron chi connectivity index (χ1n) is 4.59. The second kappa shape index (κ2) is 3.62. The summed E-state index contributed by atoms with van der Waals surface area (Å²) in [7, 11) is 0. The Balaban J connectivity index is 2.31. The summed E-state index contributed by atoms with van der Waals surface area (Å²) in [6.07, 6.45) is 4.66. The maximum absolute atomic E-state index is 11.4. The molecule has 14 heavy (non-hydrogen) atoms. The van der Waals surface area contributed by atoms with Crippen LogP contribution in [0.4, 0.5) is 0 Å². The summed E-state index contributed by atoms with van der Waals surface area (Å²) in [5.41, 5.74) is 0.284. The van der Waals surface area contributed by atoms with E-state index in [-0.39, 0.29) is 17.1 Å². The molecule has 1 aliphatic rings. The molecule has 1 heterocycles. The molecule has 1 saturated carbocycles. The van der Waals surface area contributed by atoms with Gasteiger partial charge in [0.2, 0.25) is 0 Å². The van der Waals surface area contributed by atoms with Gasteiger partial charge in [-0.15, -0.1) is 0 Å². The standard InChI is InChI=1S/C11H10O3/c12-10-4-1-5-11(13)9(10)7-8-3-2-6-14-8/h2-3,6-7H,1,4-5H2. The second-order valence-corrected chi connectivity index (χ2v) is 3.27. The summed E-state index contributed by atoms with van der Waals surface area (Å²) in [6, 6.07) is 3.45.